The fourth-order valence-electron chi connectivity index (χ4n) is 2.64. The number of nitrogens with zero attached hydrogens (tertiary/aromatic N) is 1. The zero-order valence-corrected chi connectivity index (χ0v) is 21.3. The highest BCUT2D eigenvalue weighted by Crippen LogP contribution is 2.37. The van der Waals surface area contributed by atoms with E-state index >= 15 is 0 Å². The molecule has 0 fully saturated rings. The molecule has 0 bridgehead atoms. The van der Waals surface area contributed by atoms with Gasteiger partial charge in [-0.2, -0.15) is 0 Å². The zero-order chi connectivity index (χ0) is 21.7. The lowest BCUT2D eigenvalue weighted by atomic mass is 10.1. The van der Waals surface area contributed by atoms with E-state index in [1.165, 1.54) is 0 Å². The predicted molar refractivity (Wildman–Crippen MR) is 129 cm³/mol. The van der Waals surface area contributed by atoms with Crippen molar-refractivity contribution in [3.05, 3.63) is 40.9 Å². The highest BCUT2D eigenvalue weighted by Gasteiger charge is 2.36. The fraction of sp³-hybridized carbons (Fsp3) is 0.522. The number of rotatable bonds is 9. The number of halogens is 1. The van der Waals surface area contributed by atoms with Crippen LogP contribution >= 0.6 is 23.4 Å². The predicted octanol–water partition coefficient (Wildman–Crippen LogP) is 7.48. The van der Waals surface area contributed by atoms with Crippen LogP contribution in [0, 0.1) is 0 Å². The molecule has 1 aromatic heterocycles. The molecule has 0 amide bonds. The van der Waals surface area contributed by atoms with Gasteiger partial charge >= 0.3 is 0 Å². The summed E-state index contributed by atoms with van der Waals surface area (Å²) in [7, 11) is 0.00211. The normalized spacial score (nSPS) is 12.3. The standard InChI is InChI=1S/C23H34ClNO2SSi/c1-8-17-10-12-20(25-22(17)26-5)18-11-13-21(19(24)16-18)28-15-9-14-27-29(6,7)23(2,3)4/h10-13,16H,8-9,14-15H2,1-7H3. The molecule has 0 N–H and O–H groups in total. The van der Waals surface area contributed by atoms with Gasteiger partial charge in [0.05, 0.1) is 17.8 Å². The number of aryl methyl sites for hydroxylation is 1. The van der Waals surface area contributed by atoms with Crippen LogP contribution in [0.15, 0.2) is 35.2 Å². The molecule has 0 saturated carbocycles. The largest absolute Gasteiger partial charge is 0.481 e. The Morgan fingerprint density at radius 1 is 1.14 bits per heavy atom. The molecule has 0 radical (unpaired) electrons. The van der Waals surface area contributed by atoms with Gasteiger partial charge in [-0.1, -0.05) is 51.4 Å². The number of aromatic nitrogens is 1. The van der Waals surface area contributed by atoms with Crippen LogP contribution in [0.2, 0.25) is 23.2 Å². The van der Waals surface area contributed by atoms with Gasteiger partial charge < -0.3 is 9.16 Å². The van der Waals surface area contributed by atoms with Gasteiger partial charge in [0.25, 0.3) is 0 Å². The first-order valence-corrected chi connectivity index (χ1v) is 14.5. The second kappa shape index (κ2) is 10.3. The quantitative estimate of drug-likeness (QED) is 0.224. The monoisotopic (exact) mass is 451 g/mol. The first-order valence-electron chi connectivity index (χ1n) is 10.2. The first-order chi connectivity index (χ1) is 13.6. The number of methoxy groups -OCH3 is 1. The Bertz CT molecular complexity index is 821. The molecular formula is C23H34ClNO2SSi. The number of pyridine rings is 1. The van der Waals surface area contributed by atoms with Crippen molar-refractivity contribution in [2.24, 2.45) is 0 Å². The number of ether oxygens (including phenoxy) is 1. The van der Waals surface area contributed by atoms with Crippen molar-refractivity contribution >= 4 is 31.7 Å². The molecule has 0 unspecified atom stereocenters. The maximum atomic E-state index is 6.55. The summed E-state index contributed by atoms with van der Waals surface area (Å²) in [6.45, 7) is 14.3. The third kappa shape index (κ3) is 6.48. The Labute approximate surface area is 186 Å². The van der Waals surface area contributed by atoms with Crippen LogP contribution < -0.4 is 4.74 Å². The summed E-state index contributed by atoms with van der Waals surface area (Å²) >= 11 is 8.33. The van der Waals surface area contributed by atoms with Crippen molar-refractivity contribution < 1.29 is 9.16 Å². The molecule has 0 atom stereocenters. The maximum absolute atomic E-state index is 6.55. The van der Waals surface area contributed by atoms with Crippen LogP contribution in [0.5, 0.6) is 5.88 Å². The molecule has 2 rings (SSSR count). The molecule has 3 nitrogen and oxygen atoms in total. The fourth-order valence-corrected chi connectivity index (χ4v) is 4.91. The Morgan fingerprint density at radius 2 is 1.86 bits per heavy atom. The summed E-state index contributed by atoms with van der Waals surface area (Å²) < 4.78 is 11.7. The second-order valence-corrected chi connectivity index (χ2v) is 15.0. The van der Waals surface area contributed by atoms with Crippen LogP contribution in [0.3, 0.4) is 0 Å². The highest BCUT2D eigenvalue weighted by molar-refractivity contribution is 7.99. The van der Waals surface area contributed by atoms with Crippen molar-refractivity contribution in [3.8, 4) is 17.1 Å². The van der Waals surface area contributed by atoms with Crippen LogP contribution in [-0.2, 0) is 10.8 Å². The van der Waals surface area contributed by atoms with Gasteiger partial charge in [-0.05, 0) is 49.2 Å². The van der Waals surface area contributed by atoms with Gasteiger partial charge in [-0.15, -0.1) is 11.8 Å². The van der Waals surface area contributed by atoms with Gasteiger partial charge in [-0.25, -0.2) is 4.98 Å². The minimum absolute atomic E-state index is 0.255. The Kier molecular flexibility index (Phi) is 8.65. The van der Waals surface area contributed by atoms with Gasteiger partial charge in [0, 0.05) is 28.4 Å². The average Bonchev–Trinajstić information content (AvgIpc) is 2.67. The summed E-state index contributed by atoms with van der Waals surface area (Å²) in [5, 5.41) is 1.02. The summed E-state index contributed by atoms with van der Waals surface area (Å²) in [6.07, 6.45) is 1.92. The average molecular weight is 452 g/mol. The number of thioether (sulfide) groups is 1. The second-order valence-electron chi connectivity index (χ2n) is 8.67. The number of hydrogen-bond donors (Lipinski definition) is 0. The molecule has 160 valence electrons. The lowest BCUT2D eigenvalue weighted by Crippen LogP contribution is -2.41. The third-order valence-electron chi connectivity index (χ3n) is 5.56. The van der Waals surface area contributed by atoms with E-state index in [1.807, 2.05) is 12.1 Å². The van der Waals surface area contributed by atoms with E-state index in [-0.39, 0.29) is 5.04 Å². The smallest absolute Gasteiger partial charge is 0.216 e. The molecule has 0 aliphatic heterocycles. The topological polar surface area (TPSA) is 31.4 Å². The zero-order valence-electron chi connectivity index (χ0n) is 18.8. The van der Waals surface area contributed by atoms with E-state index in [0.717, 1.165) is 51.9 Å². The molecule has 29 heavy (non-hydrogen) atoms. The van der Waals surface area contributed by atoms with E-state index in [4.69, 9.17) is 20.8 Å². The Hall–Kier alpha value is -1.01. The molecule has 0 aliphatic rings. The maximum Gasteiger partial charge on any atom is 0.216 e. The Morgan fingerprint density at radius 3 is 2.45 bits per heavy atom. The van der Waals surface area contributed by atoms with Gasteiger partial charge in [-0.3, -0.25) is 0 Å². The number of benzene rings is 1. The third-order valence-corrected chi connectivity index (χ3v) is 11.7. The summed E-state index contributed by atoms with van der Waals surface area (Å²) in [4.78, 5) is 5.73. The first kappa shape index (κ1) is 24.3. The lowest BCUT2D eigenvalue weighted by Gasteiger charge is -2.36. The summed E-state index contributed by atoms with van der Waals surface area (Å²) in [5.41, 5.74) is 2.98. The van der Waals surface area contributed by atoms with E-state index in [0.29, 0.717) is 5.88 Å². The summed E-state index contributed by atoms with van der Waals surface area (Å²) in [5.74, 6) is 1.67. The van der Waals surface area contributed by atoms with Crippen molar-refractivity contribution in [2.45, 2.75) is 63.6 Å². The number of hydrogen-bond acceptors (Lipinski definition) is 4. The minimum atomic E-state index is -1.66. The molecular weight excluding hydrogens is 418 g/mol. The molecule has 1 aromatic carbocycles. The van der Waals surface area contributed by atoms with Gasteiger partial charge in [0.15, 0.2) is 8.32 Å². The van der Waals surface area contributed by atoms with E-state index < -0.39 is 8.32 Å². The molecule has 0 saturated heterocycles. The van der Waals surface area contributed by atoms with Crippen LogP contribution in [0.1, 0.15) is 39.7 Å². The van der Waals surface area contributed by atoms with Crippen molar-refractivity contribution in [1.29, 1.82) is 0 Å². The van der Waals surface area contributed by atoms with E-state index in [2.05, 4.69) is 64.0 Å². The molecule has 6 heteroatoms. The highest BCUT2D eigenvalue weighted by atomic mass is 35.5. The molecule has 0 spiro atoms. The minimum Gasteiger partial charge on any atom is -0.481 e. The SMILES string of the molecule is CCc1ccc(-c2ccc(SCCCO[Si](C)(C)C(C)(C)C)c(Cl)c2)nc1OC. The van der Waals surface area contributed by atoms with Gasteiger partial charge in [0.2, 0.25) is 5.88 Å². The van der Waals surface area contributed by atoms with Crippen LogP contribution in [0.25, 0.3) is 11.3 Å². The molecule has 0 aliphatic carbocycles. The van der Waals surface area contributed by atoms with Crippen molar-refractivity contribution in [3.63, 3.8) is 0 Å². The van der Waals surface area contributed by atoms with Gasteiger partial charge in [0.1, 0.15) is 0 Å². The van der Waals surface area contributed by atoms with Crippen LogP contribution in [-0.4, -0.2) is 32.8 Å². The summed E-state index contributed by atoms with van der Waals surface area (Å²) in [6, 6.07) is 10.2. The van der Waals surface area contributed by atoms with Crippen molar-refractivity contribution in [2.75, 3.05) is 19.5 Å². The van der Waals surface area contributed by atoms with E-state index in [9.17, 15) is 0 Å². The Balaban J connectivity index is 1.95. The molecule has 1 heterocycles. The van der Waals surface area contributed by atoms with Crippen molar-refractivity contribution in [1.82, 2.24) is 4.98 Å². The van der Waals surface area contributed by atoms with Crippen LogP contribution in [0.4, 0.5) is 0 Å². The van der Waals surface area contributed by atoms with E-state index in [1.54, 1.807) is 18.9 Å². The molecule has 2 aromatic rings. The lowest BCUT2D eigenvalue weighted by molar-refractivity contribution is 0.289.